The Labute approximate surface area is 322 Å². The van der Waals surface area contributed by atoms with E-state index in [4.69, 9.17) is 14.2 Å². The van der Waals surface area contributed by atoms with Gasteiger partial charge in [-0.05, 0) is 94.8 Å². The molecule has 1 saturated heterocycles. The lowest BCUT2D eigenvalue weighted by Gasteiger charge is -2.44. The molecule has 2 N–H and O–H groups in total. The second kappa shape index (κ2) is 17.8. The number of hydrogen-bond donors (Lipinski definition) is 2. The third kappa shape index (κ3) is 13.0. The number of nitrogens with zero attached hydrogens (tertiary/aromatic N) is 2. The molecule has 306 valence electrons. The van der Waals surface area contributed by atoms with Crippen molar-refractivity contribution < 1.29 is 54.9 Å². The maximum absolute atomic E-state index is 14.9. The Bertz CT molecular complexity index is 1820. The highest BCUT2D eigenvalue weighted by atomic mass is 19.4. The number of ether oxygens (including phenoxy) is 3. The fourth-order valence-electron chi connectivity index (χ4n) is 6.07. The number of nitrogens with one attached hydrogen (secondary N) is 2. The summed E-state index contributed by atoms with van der Waals surface area (Å²) in [5.74, 6) is 0. The van der Waals surface area contributed by atoms with Crippen LogP contribution in [-0.2, 0) is 46.0 Å². The topological polar surface area (TPSA) is 109 Å². The monoisotopic (exact) mass is 794 g/mol. The van der Waals surface area contributed by atoms with E-state index < -0.39 is 65.5 Å². The highest BCUT2D eigenvalue weighted by molar-refractivity contribution is 5.70. The van der Waals surface area contributed by atoms with E-state index in [-0.39, 0.29) is 68.0 Å². The lowest BCUT2D eigenvalue weighted by Crippen LogP contribution is -2.51. The van der Waals surface area contributed by atoms with Crippen molar-refractivity contribution in [2.75, 3.05) is 37.6 Å². The van der Waals surface area contributed by atoms with Gasteiger partial charge in [0.25, 0.3) is 0 Å². The zero-order valence-electron chi connectivity index (χ0n) is 32.2. The highest BCUT2D eigenvalue weighted by Gasteiger charge is 2.43. The summed E-state index contributed by atoms with van der Waals surface area (Å²) in [5, 5.41) is 5.01. The van der Waals surface area contributed by atoms with Crippen molar-refractivity contribution in [1.29, 1.82) is 0 Å². The lowest BCUT2D eigenvalue weighted by atomic mass is 9.92. The summed E-state index contributed by atoms with van der Waals surface area (Å²) < 4.78 is 105. The van der Waals surface area contributed by atoms with Crippen molar-refractivity contribution in [3.05, 3.63) is 100 Å². The van der Waals surface area contributed by atoms with Gasteiger partial charge in [-0.1, -0.05) is 48.5 Å². The van der Waals surface area contributed by atoms with Gasteiger partial charge in [-0.3, -0.25) is 0 Å². The summed E-state index contributed by atoms with van der Waals surface area (Å²) in [6.45, 7) is 8.98. The number of piperazine rings is 1. The molecule has 0 spiro atoms. The van der Waals surface area contributed by atoms with E-state index in [1.807, 2.05) is 0 Å². The smallest absolute Gasteiger partial charge is 0.418 e. The number of hydrogen-bond acceptors (Lipinski definition) is 7. The van der Waals surface area contributed by atoms with Gasteiger partial charge in [0.15, 0.2) is 0 Å². The third-order valence-electron chi connectivity index (χ3n) is 8.47. The van der Waals surface area contributed by atoms with Crippen LogP contribution in [0.5, 0.6) is 0 Å². The minimum Gasteiger partial charge on any atom is -0.445 e. The highest BCUT2D eigenvalue weighted by Crippen LogP contribution is 2.44. The van der Waals surface area contributed by atoms with Gasteiger partial charge in [-0.25, -0.2) is 14.4 Å². The molecule has 3 amide bonds. The molecule has 1 aliphatic heterocycles. The van der Waals surface area contributed by atoms with Crippen molar-refractivity contribution >= 4 is 24.0 Å². The number of alkyl halides is 6. The summed E-state index contributed by atoms with van der Waals surface area (Å²) in [7, 11) is 0. The molecule has 1 unspecified atom stereocenters. The molecular weight excluding hydrogens is 746 g/mol. The summed E-state index contributed by atoms with van der Waals surface area (Å²) >= 11 is 0. The number of halogens is 6. The molecule has 1 aliphatic rings. The first-order valence-corrected chi connectivity index (χ1v) is 18.1. The minimum atomic E-state index is -4.94. The van der Waals surface area contributed by atoms with E-state index in [0.717, 1.165) is 12.1 Å². The SMILES string of the molecule is CC(C)(C)OC(=O)NCCc1ccc(C2CN(C(=O)OCc3ccccc3)CCN2c2ccc(CCNC(=O)OC(C)(C)C)cc2C(F)(F)F)c(C(F)(F)F)c1. The van der Waals surface area contributed by atoms with Gasteiger partial charge in [0, 0.05) is 38.4 Å². The van der Waals surface area contributed by atoms with Crippen LogP contribution in [0.3, 0.4) is 0 Å². The van der Waals surface area contributed by atoms with Crippen LogP contribution in [0.4, 0.5) is 46.4 Å². The Morgan fingerprint density at radius 3 is 1.71 bits per heavy atom. The Hall–Kier alpha value is -5.15. The van der Waals surface area contributed by atoms with Gasteiger partial charge in [-0.15, -0.1) is 0 Å². The molecule has 3 aromatic carbocycles. The number of carbonyl (C=O) groups excluding carboxylic acids is 3. The molecule has 56 heavy (non-hydrogen) atoms. The number of carbonyl (C=O) groups is 3. The number of benzene rings is 3. The first-order valence-electron chi connectivity index (χ1n) is 18.1. The van der Waals surface area contributed by atoms with E-state index in [1.54, 1.807) is 71.9 Å². The fraction of sp³-hybridized carbons (Fsp3) is 0.475. The third-order valence-corrected chi connectivity index (χ3v) is 8.47. The van der Waals surface area contributed by atoms with Gasteiger partial charge in [0.1, 0.15) is 17.8 Å². The molecule has 1 fully saturated rings. The fourth-order valence-corrected chi connectivity index (χ4v) is 6.07. The minimum absolute atomic E-state index is 0.00259. The van der Waals surface area contributed by atoms with E-state index in [9.17, 15) is 40.7 Å². The summed E-state index contributed by atoms with van der Waals surface area (Å²) in [6, 6.07) is 14.4. The van der Waals surface area contributed by atoms with Gasteiger partial charge in [0.2, 0.25) is 0 Å². The van der Waals surface area contributed by atoms with Crippen LogP contribution in [0.25, 0.3) is 0 Å². The van der Waals surface area contributed by atoms with Crippen molar-refractivity contribution in [3.63, 3.8) is 0 Å². The normalized spacial score (nSPS) is 15.2. The molecule has 4 rings (SSSR count). The average Bonchev–Trinajstić information content (AvgIpc) is 3.08. The average molecular weight is 795 g/mol. The van der Waals surface area contributed by atoms with E-state index >= 15 is 0 Å². The molecule has 1 atom stereocenters. The zero-order valence-corrected chi connectivity index (χ0v) is 32.2. The molecule has 3 aromatic rings. The van der Waals surface area contributed by atoms with Crippen LogP contribution in [-0.4, -0.2) is 67.1 Å². The molecular formula is C40H48F6N4O6. The van der Waals surface area contributed by atoms with Gasteiger partial charge < -0.3 is 34.6 Å². The Morgan fingerprint density at radius 2 is 1.20 bits per heavy atom. The first-order chi connectivity index (χ1) is 26.0. The largest absolute Gasteiger partial charge is 0.445 e. The van der Waals surface area contributed by atoms with Gasteiger partial charge in [0.05, 0.1) is 17.2 Å². The van der Waals surface area contributed by atoms with Crippen LogP contribution in [0.2, 0.25) is 0 Å². The number of alkyl carbamates (subject to hydrolysis) is 2. The summed E-state index contributed by atoms with van der Waals surface area (Å²) in [6.07, 6.45) is -12.2. The predicted molar refractivity (Wildman–Crippen MR) is 197 cm³/mol. The predicted octanol–water partition coefficient (Wildman–Crippen LogP) is 9.06. The molecule has 0 aliphatic carbocycles. The molecule has 10 nitrogen and oxygen atoms in total. The van der Waals surface area contributed by atoms with Crippen molar-refractivity contribution in [2.24, 2.45) is 0 Å². The number of rotatable bonds is 10. The molecule has 0 radical (unpaired) electrons. The summed E-state index contributed by atoms with van der Waals surface area (Å²) in [5.41, 5.74) is -3.37. The van der Waals surface area contributed by atoms with Crippen molar-refractivity contribution in [1.82, 2.24) is 15.5 Å². The summed E-state index contributed by atoms with van der Waals surface area (Å²) in [4.78, 5) is 39.9. The van der Waals surface area contributed by atoms with Crippen molar-refractivity contribution in [3.8, 4) is 0 Å². The van der Waals surface area contributed by atoms with Crippen LogP contribution < -0.4 is 15.5 Å². The standard InChI is InChI=1S/C40H48F6N4O6/c1-37(2,3)55-34(51)47-18-16-26-12-14-29(30(22-26)39(41,42)43)33-24-49(36(53)54-25-28-10-8-7-9-11-28)20-21-50(33)32-15-13-27(23-31(32)40(44,45)46)17-19-48-35(52)56-38(4,5)6/h7-15,22-23,33H,16-21,24-25H2,1-6H3,(H,47,51)(H,48,52). The van der Waals surface area contributed by atoms with E-state index in [1.165, 1.54) is 34.1 Å². The molecule has 0 aromatic heterocycles. The molecule has 1 heterocycles. The van der Waals surface area contributed by atoms with E-state index in [0.29, 0.717) is 5.56 Å². The van der Waals surface area contributed by atoms with Crippen molar-refractivity contribution in [2.45, 2.75) is 90.6 Å². The quantitative estimate of drug-likeness (QED) is 0.156. The molecule has 0 saturated carbocycles. The number of anilines is 1. The van der Waals surface area contributed by atoms with Crippen LogP contribution >= 0.6 is 0 Å². The lowest BCUT2D eigenvalue weighted by molar-refractivity contribution is -0.139. The van der Waals surface area contributed by atoms with E-state index in [2.05, 4.69) is 10.6 Å². The second-order valence-electron chi connectivity index (χ2n) is 15.3. The molecule has 16 heteroatoms. The van der Waals surface area contributed by atoms with Crippen LogP contribution in [0.15, 0.2) is 66.7 Å². The Balaban J connectivity index is 1.68. The van der Waals surface area contributed by atoms with Gasteiger partial charge in [-0.2, -0.15) is 26.3 Å². The maximum atomic E-state index is 14.9. The number of amides is 3. The second-order valence-corrected chi connectivity index (χ2v) is 15.3. The van der Waals surface area contributed by atoms with Crippen LogP contribution in [0, 0.1) is 0 Å². The maximum Gasteiger partial charge on any atom is 0.418 e. The molecule has 0 bridgehead atoms. The zero-order chi connectivity index (χ0) is 41.5. The van der Waals surface area contributed by atoms with Gasteiger partial charge >= 0.3 is 30.6 Å². The Morgan fingerprint density at radius 1 is 0.679 bits per heavy atom. The van der Waals surface area contributed by atoms with Crippen LogP contribution in [0.1, 0.15) is 81.0 Å². The first kappa shape index (κ1) is 43.6. The Kier molecular flexibility index (Phi) is 13.8.